The van der Waals surface area contributed by atoms with E-state index in [-0.39, 0.29) is 38.7 Å². The van der Waals surface area contributed by atoms with Crippen LogP contribution in [-0.2, 0) is 16.5 Å². The van der Waals surface area contributed by atoms with Crippen LogP contribution >= 0.6 is 0 Å². The monoisotopic (exact) mass is 636 g/mol. The van der Waals surface area contributed by atoms with Gasteiger partial charge in [0.15, 0.2) is 6.23 Å². The number of aliphatic hydroxyl groups is 1. The number of hydrogen-bond donors (Lipinski definition) is 2. The fourth-order valence-electron chi connectivity index (χ4n) is 6.17. The zero-order valence-electron chi connectivity index (χ0n) is 23.0. The fourth-order valence-corrected chi connectivity index (χ4v) is 6.17. The van der Waals surface area contributed by atoms with Crippen molar-refractivity contribution in [3.63, 3.8) is 0 Å². The molecule has 7 rings (SSSR count). The predicted molar refractivity (Wildman–Crippen MR) is 153 cm³/mol. The molecule has 0 aliphatic carbocycles. The lowest BCUT2D eigenvalue weighted by Gasteiger charge is -2.35. The Kier molecular flexibility index (Phi) is 6.23. The number of anilines is 2. The number of amides is 2. The molecule has 232 valence electrons. The molecule has 0 bridgehead atoms. The lowest BCUT2D eigenvalue weighted by molar-refractivity contribution is -0.287. The van der Waals surface area contributed by atoms with E-state index in [0.717, 1.165) is 30.3 Å². The van der Waals surface area contributed by atoms with Crippen molar-refractivity contribution in [1.82, 2.24) is 0 Å². The normalized spacial score (nSPS) is 19.4. The molecule has 0 unspecified atom stereocenters. The molecule has 2 N–H and O–H groups in total. The van der Waals surface area contributed by atoms with Crippen molar-refractivity contribution < 1.29 is 50.6 Å². The standard InChI is InChI=1S/C33H18F6N2O5/c34-32(35,36)17-6-3-7-18(15-17)41-27(42)22-10-4-9-20-21(12-13-23(25(20)22)28(41)43)29(44)46-31(33(37,38)39)26-19-8-2-1-5-16(19)11-14-24(26)40-30(31)45/h1-15,30,40,45H/t30-,31+/m0/s1. The number of aliphatic hydroxyl groups excluding tert-OH is 1. The van der Waals surface area contributed by atoms with E-state index in [1.54, 1.807) is 18.2 Å². The van der Waals surface area contributed by atoms with Gasteiger partial charge < -0.3 is 15.2 Å². The van der Waals surface area contributed by atoms with Gasteiger partial charge in [0.1, 0.15) is 0 Å². The van der Waals surface area contributed by atoms with Gasteiger partial charge in [-0.2, -0.15) is 26.3 Å². The summed E-state index contributed by atoms with van der Waals surface area (Å²) < 4.78 is 90.5. The first-order valence-corrected chi connectivity index (χ1v) is 13.6. The second-order valence-electron chi connectivity index (χ2n) is 10.8. The largest absolute Gasteiger partial charge is 0.437 e. The first kappa shape index (κ1) is 29.3. The number of imide groups is 1. The average molecular weight is 637 g/mol. The molecule has 5 aromatic carbocycles. The van der Waals surface area contributed by atoms with Gasteiger partial charge in [0.05, 0.1) is 16.8 Å². The highest BCUT2D eigenvalue weighted by molar-refractivity contribution is 6.36. The minimum absolute atomic E-state index is 0.0805. The number of esters is 1. The van der Waals surface area contributed by atoms with Gasteiger partial charge in [-0.3, -0.25) is 9.59 Å². The lowest BCUT2D eigenvalue weighted by Crippen LogP contribution is -2.54. The van der Waals surface area contributed by atoms with Crippen molar-refractivity contribution >= 4 is 50.7 Å². The van der Waals surface area contributed by atoms with E-state index >= 15 is 13.2 Å². The van der Waals surface area contributed by atoms with E-state index in [1.807, 2.05) is 0 Å². The number of ether oxygens (including phenoxy) is 1. The molecule has 0 saturated carbocycles. The molecule has 0 saturated heterocycles. The molecular formula is C33H18F6N2O5. The number of halogens is 6. The Morgan fingerprint density at radius 2 is 1.48 bits per heavy atom. The maximum absolute atomic E-state index is 15.0. The Balaban J connectivity index is 1.34. The topological polar surface area (TPSA) is 95.9 Å². The first-order valence-electron chi connectivity index (χ1n) is 13.6. The summed E-state index contributed by atoms with van der Waals surface area (Å²) in [5, 5.41) is 13.4. The number of carbonyl (C=O) groups excluding carboxylic acids is 3. The average Bonchev–Trinajstić information content (AvgIpc) is 3.31. The summed E-state index contributed by atoms with van der Waals surface area (Å²) in [5.41, 5.74) is -6.39. The number of rotatable bonds is 3. The van der Waals surface area contributed by atoms with Crippen molar-refractivity contribution in [3.8, 4) is 0 Å². The summed E-state index contributed by atoms with van der Waals surface area (Å²) in [5.74, 6) is -3.52. The van der Waals surface area contributed by atoms with Gasteiger partial charge in [-0.15, -0.1) is 0 Å². The second kappa shape index (κ2) is 9.78. The highest BCUT2D eigenvalue weighted by atomic mass is 19.4. The fraction of sp³-hybridized carbons (Fsp3) is 0.121. The van der Waals surface area contributed by atoms with E-state index in [4.69, 9.17) is 4.74 Å². The number of nitrogens with zero attached hydrogens (tertiary/aromatic N) is 1. The first-order chi connectivity index (χ1) is 21.7. The van der Waals surface area contributed by atoms with Crippen LogP contribution in [0.25, 0.3) is 21.5 Å². The van der Waals surface area contributed by atoms with Gasteiger partial charge in [-0.05, 0) is 58.6 Å². The Labute approximate surface area is 254 Å². The van der Waals surface area contributed by atoms with Crippen molar-refractivity contribution in [2.45, 2.75) is 24.2 Å². The van der Waals surface area contributed by atoms with Crippen LogP contribution < -0.4 is 10.2 Å². The number of hydrogen-bond acceptors (Lipinski definition) is 6. The minimum Gasteiger partial charge on any atom is -0.436 e. The van der Waals surface area contributed by atoms with Crippen molar-refractivity contribution in [1.29, 1.82) is 0 Å². The Morgan fingerprint density at radius 3 is 2.20 bits per heavy atom. The Bertz CT molecular complexity index is 2120. The molecule has 2 atom stereocenters. The molecule has 7 nitrogen and oxygen atoms in total. The number of carbonyl (C=O) groups is 3. The number of alkyl halides is 6. The predicted octanol–water partition coefficient (Wildman–Crippen LogP) is 7.17. The number of fused-ring (bicyclic) bond motifs is 3. The van der Waals surface area contributed by atoms with Gasteiger partial charge in [0.25, 0.3) is 17.4 Å². The molecular weight excluding hydrogens is 618 g/mol. The van der Waals surface area contributed by atoms with Gasteiger partial charge in [-0.25, -0.2) is 9.69 Å². The molecule has 0 radical (unpaired) electrons. The molecule has 2 aliphatic heterocycles. The zero-order chi connectivity index (χ0) is 32.8. The van der Waals surface area contributed by atoms with Crippen LogP contribution in [0, 0.1) is 0 Å². The molecule has 5 aromatic rings. The van der Waals surface area contributed by atoms with E-state index in [2.05, 4.69) is 5.32 Å². The third-order valence-corrected chi connectivity index (χ3v) is 8.21. The van der Waals surface area contributed by atoms with Crippen LogP contribution in [0.3, 0.4) is 0 Å². The van der Waals surface area contributed by atoms with Crippen LogP contribution in [0.2, 0.25) is 0 Å². The molecule has 46 heavy (non-hydrogen) atoms. The third-order valence-electron chi connectivity index (χ3n) is 8.21. The van der Waals surface area contributed by atoms with Crippen molar-refractivity contribution in [2.24, 2.45) is 0 Å². The van der Waals surface area contributed by atoms with Crippen molar-refractivity contribution in [2.75, 3.05) is 10.2 Å². The lowest BCUT2D eigenvalue weighted by atomic mass is 9.88. The van der Waals surface area contributed by atoms with E-state index in [1.165, 1.54) is 36.4 Å². The van der Waals surface area contributed by atoms with Crippen LogP contribution in [0.15, 0.2) is 91.0 Å². The summed E-state index contributed by atoms with van der Waals surface area (Å²) >= 11 is 0. The smallest absolute Gasteiger partial charge is 0.436 e. The van der Waals surface area contributed by atoms with Crippen LogP contribution in [0.4, 0.5) is 37.7 Å². The Morgan fingerprint density at radius 1 is 0.804 bits per heavy atom. The summed E-state index contributed by atoms with van der Waals surface area (Å²) in [7, 11) is 0. The maximum Gasteiger partial charge on any atom is 0.437 e. The van der Waals surface area contributed by atoms with Crippen molar-refractivity contribution in [3.05, 3.63) is 119 Å². The Hall–Kier alpha value is -5.43. The van der Waals surface area contributed by atoms with Gasteiger partial charge >= 0.3 is 18.3 Å². The second-order valence-corrected chi connectivity index (χ2v) is 10.8. The van der Waals surface area contributed by atoms with Gasteiger partial charge in [0, 0.05) is 27.8 Å². The summed E-state index contributed by atoms with van der Waals surface area (Å²) in [4.78, 5) is 41.4. The molecule has 2 heterocycles. The minimum atomic E-state index is -5.33. The van der Waals surface area contributed by atoms with E-state index in [0.29, 0.717) is 16.4 Å². The molecule has 0 spiro atoms. The summed E-state index contributed by atoms with van der Waals surface area (Å²) in [6, 6.07) is 18.6. The highest BCUT2D eigenvalue weighted by Gasteiger charge is 2.68. The van der Waals surface area contributed by atoms with Crippen LogP contribution in [0.1, 0.15) is 42.2 Å². The SMILES string of the molecule is O=C(O[C@]1(C(F)(F)F)c2c(ccc3ccccc23)N[C@H]1O)c1ccc2c3c(cccc13)C(=O)N(c1cccc(C(F)(F)F)c1)C2=O. The zero-order valence-corrected chi connectivity index (χ0v) is 23.0. The van der Waals surface area contributed by atoms with Crippen LogP contribution in [-0.4, -0.2) is 35.3 Å². The molecule has 0 aromatic heterocycles. The molecule has 2 amide bonds. The molecule has 0 fully saturated rings. The number of benzene rings is 5. The highest BCUT2D eigenvalue weighted by Crippen LogP contribution is 2.54. The summed E-state index contributed by atoms with van der Waals surface area (Å²) in [6.45, 7) is 0. The van der Waals surface area contributed by atoms with E-state index in [9.17, 15) is 32.7 Å². The van der Waals surface area contributed by atoms with Gasteiger partial charge in [-0.1, -0.05) is 48.5 Å². The molecule has 2 aliphatic rings. The van der Waals surface area contributed by atoms with E-state index < -0.39 is 58.7 Å². The summed E-state index contributed by atoms with van der Waals surface area (Å²) in [6.07, 6.45) is -12.5. The quantitative estimate of drug-likeness (QED) is 0.124. The van der Waals surface area contributed by atoms with Gasteiger partial charge in [0.2, 0.25) is 0 Å². The molecule has 13 heteroatoms. The number of nitrogens with one attached hydrogen (secondary N) is 1. The van der Waals surface area contributed by atoms with Crippen LogP contribution in [0.5, 0.6) is 0 Å². The third kappa shape index (κ3) is 4.08. The maximum atomic E-state index is 15.0.